The van der Waals surface area contributed by atoms with Gasteiger partial charge in [-0.15, -0.1) is 0 Å². The largest absolute Gasteiger partial charge is 0.477 e. The van der Waals surface area contributed by atoms with E-state index in [9.17, 15) is 13.2 Å². The molecule has 21 heavy (non-hydrogen) atoms. The first-order chi connectivity index (χ1) is 9.83. The van der Waals surface area contributed by atoms with Gasteiger partial charge in [0.05, 0.1) is 0 Å². The summed E-state index contributed by atoms with van der Waals surface area (Å²) in [6, 6.07) is 0. The van der Waals surface area contributed by atoms with Crippen LogP contribution in [0.2, 0.25) is 0 Å². The summed E-state index contributed by atoms with van der Waals surface area (Å²) in [5.41, 5.74) is 0.489. The molecule has 8 heteroatoms. The molecule has 2 heterocycles. The van der Waals surface area contributed by atoms with Gasteiger partial charge in [0.15, 0.2) is 0 Å². The van der Waals surface area contributed by atoms with E-state index in [1.807, 2.05) is 0 Å². The molecule has 0 amide bonds. The Morgan fingerprint density at radius 1 is 1.38 bits per heavy atom. The van der Waals surface area contributed by atoms with Crippen LogP contribution in [0.5, 0.6) is 0 Å². The van der Waals surface area contributed by atoms with Crippen LogP contribution in [0.25, 0.3) is 0 Å². The quantitative estimate of drug-likeness (QED) is 0.752. The SMILES string of the molecule is Cc1[nH]c(C(=O)O)c(C)c1S(=O)(=O)NCC1CCOCC1. The highest BCUT2D eigenvalue weighted by Crippen LogP contribution is 2.23. The Bertz CT molecular complexity index is 629. The molecule has 1 aromatic rings. The Morgan fingerprint density at radius 3 is 2.52 bits per heavy atom. The summed E-state index contributed by atoms with van der Waals surface area (Å²) in [5.74, 6) is -0.909. The summed E-state index contributed by atoms with van der Waals surface area (Å²) in [4.78, 5) is 13.7. The third kappa shape index (κ3) is 3.45. The summed E-state index contributed by atoms with van der Waals surface area (Å²) in [5, 5.41) is 9.04. The minimum absolute atomic E-state index is 0.0342. The van der Waals surface area contributed by atoms with E-state index in [0.29, 0.717) is 25.5 Å². The molecular weight excluding hydrogens is 296 g/mol. The maximum absolute atomic E-state index is 12.4. The summed E-state index contributed by atoms with van der Waals surface area (Å²) in [6.45, 7) is 4.70. The van der Waals surface area contributed by atoms with Crippen molar-refractivity contribution in [3.63, 3.8) is 0 Å². The average Bonchev–Trinajstić information content (AvgIpc) is 2.74. The molecule has 1 fully saturated rings. The number of rotatable bonds is 5. The zero-order chi connectivity index (χ0) is 15.6. The number of carbonyl (C=O) groups is 1. The summed E-state index contributed by atoms with van der Waals surface area (Å²) in [7, 11) is -3.72. The van der Waals surface area contributed by atoms with Crippen molar-refractivity contribution in [3.05, 3.63) is 17.0 Å². The number of aromatic amines is 1. The van der Waals surface area contributed by atoms with E-state index in [-0.39, 0.29) is 22.1 Å². The average molecular weight is 316 g/mol. The Balaban J connectivity index is 2.17. The number of aromatic carboxylic acids is 1. The fourth-order valence-corrected chi connectivity index (χ4v) is 4.16. The maximum Gasteiger partial charge on any atom is 0.352 e. The van der Waals surface area contributed by atoms with E-state index in [0.717, 1.165) is 12.8 Å². The van der Waals surface area contributed by atoms with Crippen LogP contribution >= 0.6 is 0 Å². The van der Waals surface area contributed by atoms with Crippen LogP contribution in [0.1, 0.15) is 34.6 Å². The predicted molar refractivity (Wildman–Crippen MR) is 76.0 cm³/mol. The number of hydrogen-bond acceptors (Lipinski definition) is 4. The molecule has 0 spiro atoms. The third-order valence-corrected chi connectivity index (χ3v) is 5.45. The molecule has 0 unspecified atom stereocenters. The Morgan fingerprint density at radius 2 is 2.00 bits per heavy atom. The van der Waals surface area contributed by atoms with E-state index in [2.05, 4.69) is 9.71 Å². The number of sulfonamides is 1. The van der Waals surface area contributed by atoms with Crippen LogP contribution in [-0.2, 0) is 14.8 Å². The zero-order valence-electron chi connectivity index (χ0n) is 12.1. The van der Waals surface area contributed by atoms with Crippen molar-refractivity contribution in [2.24, 2.45) is 5.92 Å². The highest BCUT2D eigenvalue weighted by atomic mass is 32.2. The first-order valence-corrected chi connectivity index (χ1v) is 8.31. The molecular formula is C13H20N2O5S. The van der Waals surface area contributed by atoms with Crippen molar-refractivity contribution in [1.82, 2.24) is 9.71 Å². The minimum atomic E-state index is -3.72. The van der Waals surface area contributed by atoms with Gasteiger partial charge in [0.2, 0.25) is 10.0 Å². The number of carboxylic acid groups (broad SMARTS) is 1. The van der Waals surface area contributed by atoms with Crippen molar-refractivity contribution in [2.45, 2.75) is 31.6 Å². The third-order valence-electron chi connectivity index (χ3n) is 3.75. The summed E-state index contributed by atoms with van der Waals surface area (Å²) in [6.07, 6.45) is 1.65. The summed E-state index contributed by atoms with van der Waals surface area (Å²) < 4.78 is 32.6. The predicted octanol–water partition coefficient (Wildman–Crippen LogP) is 1.03. The number of hydrogen-bond donors (Lipinski definition) is 3. The fraction of sp³-hybridized carbons (Fsp3) is 0.615. The van der Waals surface area contributed by atoms with Gasteiger partial charge in [-0.05, 0) is 32.6 Å². The van der Waals surface area contributed by atoms with Crippen molar-refractivity contribution in [2.75, 3.05) is 19.8 Å². The number of aromatic nitrogens is 1. The van der Waals surface area contributed by atoms with Crippen LogP contribution in [-0.4, -0.2) is 44.2 Å². The Hall–Kier alpha value is -1.38. The van der Waals surface area contributed by atoms with Crippen molar-refractivity contribution in [1.29, 1.82) is 0 Å². The molecule has 0 radical (unpaired) electrons. The maximum atomic E-state index is 12.4. The Labute approximate surface area is 123 Å². The van der Waals surface area contributed by atoms with Gasteiger partial charge in [-0.1, -0.05) is 0 Å². The lowest BCUT2D eigenvalue weighted by molar-refractivity contribution is 0.0677. The van der Waals surface area contributed by atoms with Gasteiger partial charge in [0.25, 0.3) is 0 Å². The molecule has 0 saturated carbocycles. The minimum Gasteiger partial charge on any atom is -0.477 e. The van der Waals surface area contributed by atoms with Gasteiger partial charge in [0, 0.05) is 31.0 Å². The van der Waals surface area contributed by atoms with Crippen LogP contribution in [0.15, 0.2) is 4.90 Å². The number of aryl methyl sites for hydroxylation is 1. The molecule has 1 aliphatic heterocycles. The van der Waals surface area contributed by atoms with Crippen molar-refractivity contribution >= 4 is 16.0 Å². The van der Waals surface area contributed by atoms with E-state index < -0.39 is 16.0 Å². The molecule has 7 nitrogen and oxygen atoms in total. The van der Waals surface area contributed by atoms with Gasteiger partial charge < -0.3 is 14.8 Å². The lowest BCUT2D eigenvalue weighted by Gasteiger charge is -2.22. The van der Waals surface area contributed by atoms with Gasteiger partial charge in [0.1, 0.15) is 10.6 Å². The topological polar surface area (TPSA) is 108 Å². The normalized spacial score (nSPS) is 17.0. The molecule has 3 N–H and O–H groups in total. The first kappa shape index (κ1) is 16.0. The molecule has 0 bridgehead atoms. The molecule has 1 aliphatic rings. The highest BCUT2D eigenvalue weighted by molar-refractivity contribution is 7.89. The molecule has 2 rings (SSSR count). The van der Waals surface area contributed by atoms with Crippen LogP contribution < -0.4 is 4.72 Å². The zero-order valence-corrected chi connectivity index (χ0v) is 12.9. The van der Waals surface area contributed by atoms with Crippen LogP contribution in [0.4, 0.5) is 0 Å². The molecule has 1 aromatic heterocycles. The molecule has 0 aromatic carbocycles. The number of ether oxygens (including phenoxy) is 1. The second-order valence-electron chi connectivity index (χ2n) is 5.29. The molecule has 0 aliphatic carbocycles. The van der Waals surface area contributed by atoms with E-state index >= 15 is 0 Å². The highest BCUT2D eigenvalue weighted by Gasteiger charge is 2.27. The second kappa shape index (κ2) is 6.17. The lowest BCUT2D eigenvalue weighted by atomic mass is 10.0. The van der Waals surface area contributed by atoms with E-state index in [1.54, 1.807) is 6.92 Å². The monoisotopic (exact) mass is 316 g/mol. The molecule has 0 atom stereocenters. The number of carboxylic acids is 1. The Kier molecular flexibility index (Phi) is 4.70. The van der Waals surface area contributed by atoms with Gasteiger partial charge in [-0.2, -0.15) is 0 Å². The van der Waals surface area contributed by atoms with Gasteiger partial charge in [-0.25, -0.2) is 17.9 Å². The van der Waals surface area contributed by atoms with Crippen LogP contribution in [0.3, 0.4) is 0 Å². The second-order valence-corrected chi connectivity index (χ2v) is 7.00. The standard InChI is InChI=1S/C13H20N2O5S/c1-8-11(13(16)17)15-9(2)12(8)21(18,19)14-7-10-3-5-20-6-4-10/h10,14-15H,3-7H2,1-2H3,(H,16,17). The van der Waals surface area contributed by atoms with Crippen molar-refractivity contribution < 1.29 is 23.1 Å². The van der Waals surface area contributed by atoms with Crippen LogP contribution in [0, 0.1) is 19.8 Å². The smallest absolute Gasteiger partial charge is 0.352 e. The lowest BCUT2D eigenvalue weighted by Crippen LogP contribution is -2.32. The van der Waals surface area contributed by atoms with Gasteiger partial charge in [-0.3, -0.25) is 0 Å². The number of nitrogens with one attached hydrogen (secondary N) is 2. The van der Waals surface area contributed by atoms with E-state index in [4.69, 9.17) is 9.84 Å². The summed E-state index contributed by atoms with van der Waals surface area (Å²) >= 11 is 0. The number of H-pyrrole nitrogens is 1. The van der Waals surface area contributed by atoms with Crippen molar-refractivity contribution in [3.8, 4) is 0 Å². The van der Waals surface area contributed by atoms with Gasteiger partial charge >= 0.3 is 5.97 Å². The first-order valence-electron chi connectivity index (χ1n) is 6.82. The molecule has 1 saturated heterocycles. The van der Waals surface area contributed by atoms with E-state index in [1.165, 1.54) is 6.92 Å². The fourth-order valence-electron chi connectivity index (χ4n) is 2.60. The molecule has 118 valence electrons.